The largest absolute Gasteiger partial charge is 0.399 e. The molecular weight excluding hydrogens is 783 g/mol. The molecule has 306 valence electrons. The van der Waals surface area contributed by atoms with E-state index in [2.05, 4.69) is 75.9 Å². The maximum absolute atomic E-state index is 11.7. The van der Waals surface area contributed by atoms with Gasteiger partial charge in [0.1, 0.15) is 12.1 Å². The number of urea groups is 1. The third-order valence-corrected chi connectivity index (χ3v) is 9.60. The van der Waals surface area contributed by atoms with E-state index in [1.165, 1.54) is 11.6 Å². The molecule has 2 amide bonds. The van der Waals surface area contributed by atoms with Crippen LogP contribution in [0, 0.1) is 36.5 Å². The van der Waals surface area contributed by atoms with E-state index in [-0.39, 0.29) is 12.6 Å². The summed E-state index contributed by atoms with van der Waals surface area (Å²) < 4.78 is 16.1. The van der Waals surface area contributed by atoms with Crippen molar-refractivity contribution in [1.29, 1.82) is 10.5 Å². The predicted molar refractivity (Wildman–Crippen MR) is 241 cm³/mol. The standard InChI is InChI=1S/C21H21ClN4O.C18H17N3.C4H8O.C3H4ClNO/c1-3-26-19-12-14(2)4-9-17(19)18(13-23)20(26)15-5-7-16(8-6-15)25-21(27)24-11-10-22;1-3-21-17-10-12(2)4-9-15(17)16(11-19)18(21)13-5-7-14(20)8-6-13;1-2-4-5-3-1;4-1-2-5-3-6/h4-9,12H,3,10-11H2,1-2H3,(H2,24,25,27);4-10H,3,20H2,1-2H3;1-4H2;1-2H2/i;;3D;. The molecule has 11 nitrogen and oxygen atoms in total. The lowest BCUT2D eigenvalue weighted by Crippen LogP contribution is -2.30. The number of carbonyl (C=O) groups excluding carboxylic acids is 2. The minimum atomic E-state index is -0.292. The van der Waals surface area contributed by atoms with Gasteiger partial charge in [-0.05, 0) is 99.2 Å². The van der Waals surface area contributed by atoms with Gasteiger partial charge < -0.3 is 30.2 Å². The molecular formula is C46H50Cl2N8O3. The summed E-state index contributed by atoms with van der Waals surface area (Å²) in [6, 6.07) is 32.0. The second kappa shape index (κ2) is 23.4. The molecule has 4 aromatic carbocycles. The monoisotopic (exact) mass is 833 g/mol. The summed E-state index contributed by atoms with van der Waals surface area (Å²) >= 11 is 10.7. The Labute approximate surface area is 357 Å². The Balaban J connectivity index is 0.000000211. The predicted octanol–water partition coefficient (Wildman–Crippen LogP) is 10.3. The van der Waals surface area contributed by atoms with Crippen LogP contribution in [0.15, 0.2) is 89.9 Å². The van der Waals surface area contributed by atoms with Gasteiger partial charge in [-0.15, -0.1) is 23.2 Å². The Morgan fingerprint density at radius 3 is 1.73 bits per heavy atom. The van der Waals surface area contributed by atoms with Crippen LogP contribution in [0.2, 0.25) is 0 Å². The maximum atomic E-state index is 11.7. The molecule has 0 bridgehead atoms. The van der Waals surface area contributed by atoms with Crippen molar-refractivity contribution >= 4 is 68.5 Å². The van der Waals surface area contributed by atoms with E-state index in [4.69, 9.17) is 35.0 Å². The number of nitrogen functional groups attached to an aromatic ring is 1. The minimum absolute atomic E-state index is 0.204. The summed E-state index contributed by atoms with van der Waals surface area (Å²) in [5, 5.41) is 26.8. The quantitative estimate of drug-likeness (QED) is 0.0568. The van der Waals surface area contributed by atoms with Crippen LogP contribution in [0.3, 0.4) is 0 Å². The van der Waals surface area contributed by atoms with Crippen molar-refractivity contribution in [2.45, 2.75) is 53.6 Å². The number of aryl methyl sites for hydroxylation is 4. The number of halogens is 2. The van der Waals surface area contributed by atoms with Crippen molar-refractivity contribution in [3.05, 3.63) is 107 Å². The molecule has 1 aliphatic rings. The van der Waals surface area contributed by atoms with Crippen LogP contribution in [0.5, 0.6) is 0 Å². The summed E-state index contributed by atoms with van der Waals surface area (Å²) in [5.41, 5.74) is 17.0. The number of aliphatic imine (C=N–C) groups is 1. The number of rotatable bonds is 9. The number of nitrogens with zero attached hydrogens (tertiary/aromatic N) is 5. The van der Waals surface area contributed by atoms with E-state index >= 15 is 0 Å². The molecule has 1 fully saturated rings. The fraction of sp³-hybridized carbons (Fsp3) is 0.304. The summed E-state index contributed by atoms with van der Waals surface area (Å²) in [6.07, 6.45) is 3.37. The van der Waals surface area contributed by atoms with Gasteiger partial charge in [-0.1, -0.05) is 48.5 Å². The first-order chi connectivity index (χ1) is 29.0. The molecule has 0 saturated carbocycles. The van der Waals surface area contributed by atoms with Gasteiger partial charge in [0.2, 0.25) is 6.08 Å². The van der Waals surface area contributed by atoms with Crippen molar-refractivity contribution in [2.75, 3.05) is 49.1 Å². The highest BCUT2D eigenvalue weighted by molar-refractivity contribution is 6.18. The lowest BCUT2D eigenvalue weighted by molar-refractivity contribution is 0.198. The second-order valence-corrected chi connectivity index (χ2v) is 14.1. The van der Waals surface area contributed by atoms with E-state index in [0.717, 1.165) is 93.7 Å². The Kier molecular flexibility index (Phi) is 17.4. The van der Waals surface area contributed by atoms with Gasteiger partial charge in [0.05, 0.1) is 41.5 Å². The number of ether oxygens (including phenoxy) is 1. The van der Waals surface area contributed by atoms with Crippen molar-refractivity contribution < 1.29 is 15.7 Å². The first-order valence-electron chi connectivity index (χ1n) is 19.9. The van der Waals surface area contributed by atoms with Crippen LogP contribution in [-0.4, -0.2) is 59.3 Å². The zero-order valence-corrected chi connectivity index (χ0v) is 35.3. The zero-order valence-electron chi connectivity index (χ0n) is 34.8. The van der Waals surface area contributed by atoms with Crippen molar-refractivity contribution in [1.82, 2.24) is 14.5 Å². The summed E-state index contributed by atoms with van der Waals surface area (Å²) in [4.78, 5) is 24.1. The zero-order chi connectivity index (χ0) is 43.6. The molecule has 1 aliphatic heterocycles. The van der Waals surface area contributed by atoms with Crippen molar-refractivity contribution in [3.8, 4) is 34.7 Å². The number of amides is 2. The Bertz CT molecular complexity index is 2490. The number of hydrogen-bond donors (Lipinski definition) is 3. The molecule has 0 aliphatic carbocycles. The Morgan fingerprint density at radius 1 is 0.831 bits per heavy atom. The number of benzene rings is 4. The lowest BCUT2D eigenvalue weighted by atomic mass is 10.1. The number of isocyanates is 1. The number of nitrogens with one attached hydrogen (secondary N) is 2. The molecule has 4 N–H and O–H groups in total. The van der Waals surface area contributed by atoms with Gasteiger partial charge >= 0.3 is 6.03 Å². The van der Waals surface area contributed by atoms with Crippen LogP contribution < -0.4 is 16.4 Å². The third kappa shape index (κ3) is 12.0. The SMILES string of the molecule is CCn1c(-c2ccc(N)cc2)c(C#N)c2ccc(C)cc21.CCn1c(-c2ccc(NC(=O)NCCCl)cc2)c(C#N)c2ccc(C)cc21.O=C=NCCCl.[2H]C1CCCO1. The summed E-state index contributed by atoms with van der Waals surface area (Å²) in [5.74, 6) is 0.763. The minimum Gasteiger partial charge on any atom is -0.399 e. The first kappa shape index (κ1) is 44.0. The molecule has 1 saturated heterocycles. The molecule has 1 atom stereocenters. The van der Waals surface area contributed by atoms with Crippen LogP contribution in [0.25, 0.3) is 44.3 Å². The fourth-order valence-electron chi connectivity index (χ4n) is 6.60. The fourth-order valence-corrected chi connectivity index (χ4v) is 6.77. The highest BCUT2D eigenvalue weighted by Gasteiger charge is 2.19. The average Bonchev–Trinajstić information content (AvgIpc) is 3.96. The summed E-state index contributed by atoms with van der Waals surface area (Å²) in [6.45, 7) is 11.3. The van der Waals surface area contributed by atoms with Gasteiger partial charge in [0.15, 0.2) is 0 Å². The van der Waals surface area contributed by atoms with Gasteiger partial charge in [0, 0.05) is 66.7 Å². The van der Waals surface area contributed by atoms with E-state index in [1.807, 2.05) is 73.7 Å². The number of anilines is 2. The topological polar surface area (TPSA) is 163 Å². The molecule has 6 aromatic rings. The van der Waals surface area contributed by atoms with Crippen LogP contribution >= 0.6 is 23.2 Å². The number of alkyl halides is 2. The molecule has 0 radical (unpaired) electrons. The molecule has 13 heteroatoms. The molecule has 7 rings (SSSR count). The maximum Gasteiger partial charge on any atom is 0.319 e. The van der Waals surface area contributed by atoms with E-state index in [0.29, 0.717) is 36.1 Å². The molecule has 1 unspecified atom stereocenters. The van der Waals surface area contributed by atoms with E-state index in [9.17, 15) is 20.1 Å². The number of hydrogen-bond acceptors (Lipinski definition) is 7. The van der Waals surface area contributed by atoms with Gasteiger partial charge in [0.25, 0.3) is 0 Å². The number of aromatic nitrogens is 2. The van der Waals surface area contributed by atoms with E-state index < -0.39 is 0 Å². The Morgan fingerprint density at radius 2 is 1.36 bits per heavy atom. The molecule has 59 heavy (non-hydrogen) atoms. The Hall–Kier alpha value is -6.07. The highest BCUT2D eigenvalue weighted by atomic mass is 35.5. The molecule has 0 spiro atoms. The first-order valence-corrected chi connectivity index (χ1v) is 20.4. The highest BCUT2D eigenvalue weighted by Crippen LogP contribution is 2.36. The molecule has 3 heterocycles. The number of fused-ring (bicyclic) bond motifs is 2. The number of carbonyl (C=O) groups is 1. The normalized spacial score (nSPS) is 12.9. The lowest BCUT2D eigenvalue weighted by Gasteiger charge is -2.10. The average molecular weight is 835 g/mol. The summed E-state index contributed by atoms with van der Waals surface area (Å²) in [7, 11) is 0. The van der Waals surface area contributed by atoms with Crippen LogP contribution in [-0.2, 0) is 22.6 Å². The smallest absolute Gasteiger partial charge is 0.319 e. The van der Waals surface area contributed by atoms with Gasteiger partial charge in [-0.25, -0.2) is 14.6 Å². The number of nitrogens with two attached hydrogens (primary N) is 1. The third-order valence-electron chi connectivity index (χ3n) is 9.24. The van der Waals surface area contributed by atoms with Gasteiger partial charge in [-0.3, -0.25) is 0 Å². The van der Waals surface area contributed by atoms with Crippen LogP contribution in [0.1, 0.15) is 50.3 Å². The van der Waals surface area contributed by atoms with Crippen molar-refractivity contribution in [3.63, 3.8) is 0 Å². The molecule has 2 aromatic heterocycles. The van der Waals surface area contributed by atoms with Crippen molar-refractivity contribution in [2.24, 2.45) is 4.99 Å². The van der Waals surface area contributed by atoms with Gasteiger partial charge in [-0.2, -0.15) is 10.5 Å². The van der Waals surface area contributed by atoms with Crippen LogP contribution in [0.4, 0.5) is 16.2 Å². The van der Waals surface area contributed by atoms with E-state index in [1.54, 1.807) is 0 Å². The number of nitriles is 2. The second-order valence-electron chi connectivity index (χ2n) is 13.3.